The Balaban J connectivity index is 1.48. The van der Waals surface area contributed by atoms with Crippen LogP contribution in [0.25, 0.3) is 0 Å². The molecule has 3 aliphatic rings. The van der Waals surface area contributed by atoms with Crippen LogP contribution in [0.1, 0.15) is 136 Å². The van der Waals surface area contributed by atoms with Crippen LogP contribution in [0.3, 0.4) is 0 Å². The molecule has 0 aromatic rings. The number of unbranched alkanes of at least 4 members (excludes halogenated alkanes) is 6. The number of hydrogen-bond acceptors (Lipinski definition) is 18. The number of aliphatic hydroxyl groups excluding tert-OH is 11. The molecule has 3 fully saturated rings. The molecule has 1 amide bonds. The molecule has 3 heterocycles. The summed E-state index contributed by atoms with van der Waals surface area (Å²) in [6.07, 6.45) is 35.9. The summed E-state index contributed by atoms with van der Waals surface area (Å²) in [6, 6.07) is -1.03. The molecular formula is C65H103NO18. The lowest BCUT2D eigenvalue weighted by Crippen LogP contribution is -2.66. The number of carbonyl (C=O) groups excluding carboxylic acids is 1. The van der Waals surface area contributed by atoms with Gasteiger partial charge in [-0.25, -0.2) is 0 Å². The van der Waals surface area contributed by atoms with Crippen LogP contribution < -0.4 is 5.32 Å². The molecule has 3 aliphatic heterocycles. The minimum atomic E-state index is -1.99. The maximum absolute atomic E-state index is 13.3. The number of amides is 1. The first-order chi connectivity index (χ1) is 40.8. The van der Waals surface area contributed by atoms with Crippen molar-refractivity contribution in [2.45, 2.75) is 240 Å². The fourth-order valence-electron chi connectivity index (χ4n) is 9.16. The Morgan fingerprint density at radius 1 is 0.440 bits per heavy atom. The summed E-state index contributed by atoms with van der Waals surface area (Å²) in [4.78, 5) is 13.3. The third kappa shape index (κ3) is 29.1. The van der Waals surface area contributed by atoms with Crippen LogP contribution in [0.15, 0.2) is 134 Å². The molecule has 0 bridgehead atoms. The molecule has 0 aliphatic carbocycles. The fourth-order valence-corrected chi connectivity index (χ4v) is 9.16. The highest BCUT2D eigenvalue weighted by Gasteiger charge is 2.53. The maximum Gasteiger partial charge on any atom is 0.220 e. The summed E-state index contributed by atoms with van der Waals surface area (Å²) in [7, 11) is 0. The fraction of sp³-hybridized carbons (Fsp3) is 0.646. The number of aliphatic hydroxyl groups is 11. The van der Waals surface area contributed by atoms with Crippen LogP contribution in [0, 0.1) is 0 Å². The standard InChI is InChI=1S/C65H103NO18/c1-3-5-7-9-11-13-15-17-18-19-20-21-22-23-24-25-26-27-28-29-30-31-33-35-37-39-41-43-53(71)66-48(49(70)42-40-38-36-34-32-16-14-12-10-8-6-4-2)47-79-63-59(77)56(74)61(51(45-68)81-63)84-65-60(78)57(75)62(52(46-69)82-65)83-64-58(76)55(73)54(72)50(44-67)80-64/h5,7,10-13,17-18,20-21,23-24,26-27,29-30,32-35,40,42,48-52,54-65,67-70,72-78H,3-4,6,8-9,14-16,19,22,25,28,31,36-39,41,43-47H2,1-2H3,(H,66,71)/b7-5-,12-10+,13-11-,18-17-,21-20-,24-23-,27-26-,30-29-,34-32+,35-33-,42-40+. The molecule has 84 heavy (non-hydrogen) atoms. The van der Waals surface area contributed by atoms with E-state index in [4.69, 9.17) is 28.4 Å². The second-order valence-electron chi connectivity index (χ2n) is 21.1. The molecule has 0 aromatic heterocycles. The van der Waals surface area contributed by atoms with Crippen molar-refractivity contribution in [2.24, 2.45) is 0 Å². The zero-order chi connectivity index (χ0) is 61.2. The zero-order valence-electron chi connectivity index (χ0n) is 49.6. The van der Waals surface area contributed by atoms with E-state index >= 15 is 0 Å². The van der Waals surface area contributed by atoms with Crippen LogP contribution in [0.2, 0.25) is 0 Å². The van der Waals surface area contributed by atoms with Crippen molar-refractivity contribution >= 4 is 5.91 Å². The van der Waals surface area contributed by atoms with Gasteiger partial charge in [0.15, 0.2) is 18.9 Å². The van der Waals surface area contributed by atoms with Crippen molar-refractivity contribution in [3.8, 4) is 0 Å². The normalized spacial score (nSPS) is 30.1. The molecule has 0 spiro atoms. The lowest BCUT2D eigenvalue weighted by molar-refractivity contribution is -0.379. The second kappa shape index (κ2) is 46.1. The minimum Gasteiger partial charge on any atom is -0.394 e. The van der Waals surface area contributed by atoms with Crippen LogP contribution in [0.5, 0.6) is 0 Å². The highest BCUT2D eigenvalue weighted by atomic mass is 16.8. The highest BCUT2D eigenvalue weighted by molar-refractivity contribution is 5.76. The van der Waals surface area contributed by atoms with Crippen molar-refractivity contribution in [1.29, 1.82) is 0 Å². The first-order valence-electron chi connectivity index (χ1n) is 30.4. The van der Waals surface area contributed by atoms with Crippen molar-refractivity contribution < 1.29 is 89.4 Å². The summed E-state index contributed by atoms with van der Waals surface area (Å²) in [5.41, 5.74) is 0. The number of rotatable bonds is 42. The van der Waals surface area contributed by atoms with Gasteiger partial charge in [0.2, 0.25) is 5.91 Å². The van der Waals surface area contributed by atoms with Crippen LogP contribution in [0.4, 0.5) is 0 Å². The molecule has 3 saturated heterocycles. The average Bonchev–Trinajstić information content (AvgIpc) is 2.98. The predicted octanol–water partition coefficient (Wildman–Crippen LogP) is 5.87. The van der Waals surface area contributed by atoms with Gasteiger partial charge in [0.25, 0.3) is 0 Å². The Kier molecular flexibility index (Phi) is 40.7. The number of nitrogens with one attached hydrogen (secondary N) is 1. The molecule has 0 saturated carbocycles. The zero-order valence-corrected chi connectivity index (χ0v) is 49.6. The Labute approximate surface area is 499 Å². The lowest BCUT2D eigenvalue weighted by Gasteiger charge is -2.48. The molecular weight excluding hydrogens is 1080 g/mol. The lowest BCUT2D eigenvalue weighted by atomic mass is 9.96. The molecule has 3 rings (SSSR count). The van der Waals surface area contributed by atoms with Crippen molar-refractivity contribution in [2.75, 3.05) is 26.4 Å². The largest absolute Gasteiger partial charge is 0.394 e. The molecule has 12 N–H and O–H groups in total. The average molecular weight is 1190 g/mol. The van der Waals surface area contributed by atoms with Gasteiger partial charge in [0.1, 0.15) is 73.2 Å². The topological polar surface area (TPSA) is 307 Å². The Morgan fingerprint density at radius 2 is 0.821 bits per heavy atom. The number of hydrogen-bond donors (Lipinski definition) is 12. The minimum absolute atomic E-state index is 0.166. The van der Waals surface area contributed by atoms with Gasteiger partial charge in [-0.15, -0.1) is 0 Å². The van der Waals surface area contributed by atoms with Gasteiger partial charge in [-0.1, -0.05) is 160 Å². The van der Waals surface area contributed by atoms with Crippen molar-refractivity contribution in [3.63, 3.8) is 0 Å². The van der Waals surface area contributed by atoms with Gasteiger partial charge in [0, 0.05) is 6.42 Å². The summed E-state index contributed by atoms with van der Waals surface area (Å²) in [5, 5.41) is 120. The summed E-state index contributed by atoms with van der Waals surface area (Å²) in [6.45, 7) is 1.45. The summed E-state index contributed by atoms with van der Waals surface area (Å²) < 4.78 is 34.1. The van der Waals surface area contributed by atoms with E-state index in [9.17, 15) is 61.0 Å². The number of allylic oxidation sites excluding steroid dienone is 21. The summed E-state index contributed by atoms with van der Waals surface area (Å²) in [5.74, 6) is -0.342. The van der Waals surface area contributed by atoms with E-state index in [0.717, 1.165) is 96.3 Å². The monoisotopic (exact) mass is 1190 g/mol. The van der Waals surface area contributed by atoms with Gasteiger partial charge < -0.3 is 89.9 Å². The highest BCUT2D eigenvalue weighted by Crippen LogP contribution is 2.33. The quantitative estimate of drug-likeness (QED) is 0.0251. The summed E-state index contributed by atoms with van der Waals surface area (Å²) >= 11 is 0. The molecule has 19 nitrogen and oxygen atoms in total. The maximum atomic E-state index is 13.3. The molecule has 0 aromatic carbocycles. The van der Waals surface area contributed by atoms with E-state index in [1.165, 1.54) is 6.42 Å². The Morgan fingerprint density at radius 3 is 1.29 bits per heavy atom. The molecule has 0 radical (unpaired) electrons. The van der Waals surface area contributed by atoms with Gasteiger partial charge in [-0.3, -0.25) is 4.79 Å². The van der Waals surface area contributed by atoms with E-state index in [-0.39, 0.29) is 12.3 Å². The smallest absolute Gasteiger partial charge is 0.220 e. The third-order valence-electron chi connectivity index (χ3n) is 14.2. The van der Waals surface area contributed by atoms with Crippen LogP contribution in [-0.2, 0) is 33.2 Å². The van der Waals surface area contributed by atoms with E-state index < -0.39 is 131 Å². The van der Waals surface area contributed by atoms with Gasteiger partial charge in [0.05, 0.1) is 38.6 Å². The van der Waals surface area contributed by atoms with Gasteiger partial charge >= 0.3 is 0 Å². The molecule has 17 atom stereocenters. The first kappa shape index (κ1) is 74.2. The number of carbonyl (C=O) groups is 1. The van der Waals surface area contributed by atoms with Gasteiger partial charge in [-0.05, 0) is 103 Å². The van der Waals surface area contributed by atoms with Crippen LogP contribution in [-0.4, -0.2) is 193 Å². The Bertz CT molecular complexity index is 2050. The first-order valence-corrected chi connectivity index (χ1v) is 30.4. The molecule has 19 heteroatoms. The Hall–Kier alpha value is -4.07. The van der Waals surface area contributed by atoms with Gasteiger partial charge in [-0.2, -0.15) is 0 Å². The van der Waals surface area contributed by atoms with E-state index in [1.807, 2.05) is 0 Å². The molecule has 17 unspecified atom stereocenters. The van der Waals surface area contributed by atoms with Crippen molar-refractivity contribution in [1.82, 2.24) is 5.32 Å². The predicted molar refractivity (Wildman–Crippen MR) is 323 cm³/mol. The SMILES string of the molecule is CC/C=C\C/C=C\C/C=C\C/C=C\C/C=C\C/C=C\C/C=C\C/C=C\CCCCC(=O)NC(COC1OC(CO)C(OC2OC(CO)C(OC3OC(CO)C(O)C(O)C3O)C(O)C2O)C(O)C1O)C(O)/C=C/CC/C=C/CC/C=C/CCCC. The third-order valence-corrected chi connectivity index (χ3v) is 14.2. The second-order valence-corrected chi connectivity index (χ2v) is 21.1. The van der Waals surface area contributed by atoms with Crippen LogP contribution >= 0.6 is 0 Å². The van der Waals surface area contributed by atoms with Crippen molar-refractivity contribution in [3.05, 3.63) is 134 Å². The number of ether oxygens (including phenoxy) is 6. The van der Waals surface area contributed by atoms with E-state index in [1.54, 1.807) is 12.2 Å². The van der Waals surface area contributed by atoms with E-state index in [0.29, 0.717) is 12.8 Å². The van der Waals surface area contributed by atoms with E-state index in [2.05, 4.69) is 141 Å². The molecule has 476 valence electrons.